The van der Waals surface area contributed by atoms with Crippen LogP contribution in [-0.4, -0.2) is 56.7 Å². The van der Waals surface area contributed by atoms with Crippen molar-refractivity contribution in [3.63, 3.8) is 0 Å². The van der Waals surface area contributed by atoms with Gasteiger partial charge in [-0.2, -0.15) is 0 Å². The Morgan fingerprint density at radius 1 is 1.25 bits per heavy atom. The Kier molecular flexibility index (Phi) is 3.86. The van der Waals surface area contributed by atoms with Crippen molar-refractivity contribution in [2.45, 2.75) is 12.5 Å². The number of nitrogens with zero attached hydrogens (tertiary/aromatic N) is 7. The van der Waals surface area contributed by atoms with Crippen molar-refractivity contribution in [3.8, 4) is 0 Å². The first-order chi connectivity index (χ1) is 11.7. The number of anilines is 1. The lowest BCUT2D eigenvalue weighted by Gasteiger charge is -2.29. The topological polar surface area (TPSA) is 62.5 Å². The first-order valence-electron chi connectivity index (χ1n) is 8.19. The highest BCUT2D eigenvalue weighted by molar-refractivity contribution is 5.47. The SMILES string of the molecule is CN(C[C@@H]1CCN(C)[C@H]1c1cccnc1)c1cncc2nncn12. The van der Waals surface area contributed by atoms with E-state index in [1.165, 1.54) is 12.0 Å². The van der Waals surface area contributed by atoms with Crippen molar-refractivity contribution in [3.05, 3.63) is 48.8 Å². The second-order valence-electron chi connectivity index (χ2n) is 6.47. The van der Waals surface area contributed by atoms with Crippen LogP contribution in [-0.2, 0) is 0 Å². The number of rotatable bonds is 4. The quantitative estimate of drug-likeness (QED) is 0.727. The standard InChI is InChI=1S/C17H21N7/c1-22-7-5-14(17(22)13-4-3-6-18-8-13)11-23(2)16-10-19-9-15-21-20-12-24(15)16/h3-4,6,8-10,12,14,17H,5,7,11H2,1-2H3/t14-,17-/m0/s1. The van der Waals surface area contributed by atoms with Crippen molar-refractivity contribution >= 4 is 11.5 Å². The van der Waals surface area contributed by atoms with Crippen molar-refractivity contribution in [2.75, 3.05) is 32.1 Å². The molecule has 4 rings (SSSR count). The van der Waals surface area contributed by atoms with E-state index in [-0.39, 0.29) is 0 Å². The summed E-state index contributed by atoms with van der Waals surface area (Å²) < 4.78 is 1.98. The number of hydrogen-bond acceptors (Lipinski definition) is 6. The van der Waals surface area contributed by atoms with Gasteiger partial charge >= 0.3 is 0 Å². The Balaban J connectivity index is 1.59. The van der Waals surface area contributed by atoms with Crippen LogP contribution in [0, 0.1) is 5.92 Å². The Hall–Kier alpha value is -2.54. The molecule has 0 spiro atoms. The third-order valence-corrected chi connectivity index (χ3v) is 4.90. The summed E-state index contributed by atoms with van der Waals surface area (Å²) in [4.78, 5) is 13.3. The van der Waals surface area contributed by atoms with Gasteiger partial charge in [-0.3, -0.25) is 19.3 Å². The van der Waals surface area contributed by atoms with Gasteiger partial charge in [0.25, 0.3) is 0 Å². The first kappa shape index (κ1) is 15.0. The van der Waals surface area contributed by atoms with Gasteiger partial charge in [-0.15, -0.1) is 10.2 Å². The predicted molar refractivity (Wildman–Crippen MR) is 91.8 cm³/mol. The fraction of sp³-hybridized carbons (Fsp3) is 0.412. The van der Waals surface area contributed by atoms with Gasteiger partial charge in [-0.05, 0) is 37.6 Å². The van der Waals surface area contributed by atoms with E-state index < -0.39 is 0 Å². The van der Waals surface area contributed by atoms with E-state index in [1.54, 1.807) is 12.5 Å². The van der Waals surface area contributed by atoms with Crippen LogP contribution in [0.5, 0.6) is 0 Å². The third-order valence-electron chi connectivity index (χ3n) is 4.90. The highest BCUT2D eigenvalue weighted by Gasteiger charge is 2.34. The zero-order valence-electron chi connectivity index (χ0n) is 13.9. The molecule has 2 atom stereocenters. The maximum absolute atomic E-state index is 4.30. The van der Waals surface area contributed by atoms with Crippen LogP contribution < -0.4 is 4.90 Å². The first-order valence-corrected chi connectivity index (χ1v) is 8.19. The van der Waals surface area contributed by atoms with Crippen LogP contribution in [0.2, 0.25) is 0 Å². The molecule has 0 bridgehead atoms. The maximum Gasteiger partial charge on any atom is 0.180 e. The van der Waals surface area contributed by atoms with Gasteiger partial charge in [0, 0.05) is 32.0 Å². The summed E-state index contributed by atoms with van der Waals surface area (Å²) in [5.74, 6) is 1.55. The minimum atomic E-state index is 0.397. The minimum Gasteiger partial charge on any atom is -0.359 e. The summed E-state index contributed by atoms with van der Waals surface area (Å²) in [6.07, 6.45) is 10.3. The van der Waals surface area contributed by atoms with E-state index in [4.69, 9.17) is 0 Å². The van der Waals surface area contributed by atoms with Gasteiger partial charge in [0.05, 0.1) is 12.4 Å². The lowest BCUT2D eigenvalue weighted by Crippen LogP contribution is -2.31. The Bertz CT molecular complexity index is 816. The lowest BCUT2D eigenvalue weighted by atomic mass is 9.94. The minimum absolute atomic E-state index is 0.397. The molecular formula is C17H21N7. The van der Waals surface area contributed by atoms with Crippen molar-refractivity contribution in [2.24, 2.45) is 5.92 Å². The summed E-state index contributed by atoms with van der Waals surface area (Å²) >= 11 is 0. The van der Waals surface area contributed by atoms with Crippen LogP contribution >= 0.6 is 0 Å². The van der Waals surface area contributed by atoms with Crippen LogP contribution in [0.4, 0.5) is 5.82 Å². The van der Waals surface area contributed by atoms with Crippen LogP contribution in [0.25, 0.3) is 5.65 Å². The molecule has 0 aromatic carbocycles. The van der Waals surface area contributed by atoms with Gasteiger partial charge in [0.1, 0.15) is 12.1 Å². The maximum atomic E-state index is 4.30. The number of pyridine rings is 1. The average molecular weight is 323 g/mol. The fourth-order valence-corrected chi connectivity index (χ4v) is 3.76. The molecule has 24 heavy (non-hydrogen) atoms. The molecule has 0 unspecified atom stereocenters. The Morgan fingerprint density at radius 3 is 3.00 bits per heavy atom. The highest BCUT2D eigenvalue weighted by atomic mass is 15.3. The highest BCUT2D eigenvalue weighted by Crippen LogP contribution is 2.36. The molecule has 0 aliphatic carbocycles. The van der Waals surface area contributed by atoms with Crippen molar-refractivity contribution in [1.29, 1.82) is 0 Å². The summed E-state index contributed by atoms with van der Waals surface area (Å²) in [6, 6.07) is 4.59. The molecule has 0 radical (unpaired) electrons. The monoisotopic (exact) mass is 323 g/mol. The van der Waals surface area contributed by atoms with Gasteiger partial charge in [0.2, 0.25) is 0 Å². The number of fused-ring (bicyclic) bond motifs is 1. The zero-order chi connectivity index (χ0) is 16.5. The van der Waals surface area contributed by atoms with E-state index >= 15 is 0 Å². The largest absolute Gasteiger partial charge is 0.359 e. The van der Waals surface area contributed by atoms with Crippen molar-refractivity contribution in [1.82, 2.24) is 29.5 Å². The van der Waals surface area contributed by atoms with Gasteiger partial charge in [0.15, 0.2) is 5.65 Å². The van der Waals surface area contributed by atoms with Crippen molar-refractivity contribution < 1.29 is 0 Å². The number of aromatic nitrogens is 5. The van der Waals surface area contributed by atoms with E-state index in [1.807, 2.05) is 29.1 Å². The fourth-order valence-electron chi connectivity index (χ4n) is 3.76. The summed E-state index contributed by atoms with van der Waals surface area (Å²) in [6.45, 7) is 2.05. The Labute approximate surface area is 141 Å². The van der Waals surface area contributed by atoms with E-state index in [9.17, 15) is 0 Å². The molecule has 3 aromatic heterocycles. The molecule has 124 valence electrons. The summed E-state index contributed by atoms with van der Waals surface area (Å²) in [5.41, 5.74) is 2.06. The molecule has 0 saturated carbocycles. The summed E-state index contributed by atoms with van der Waals surface area (Å²) in [7, 11) is 4.30. The van der Waals surface area contributed by atoms with Crippen LogP contribution in [0.1, 0.15) is 18.0 Å². The summed E-state index contributed by atoms with van der Waals surface area (Å²) in [5, 5.41) is 8.06. The molecule has 1 aliphatic rings. The molecule has 1 saturated heterocycles. The third kappa shape index (κ3) is 2.60. The van der Waals surface area contributed by atoms with Crippen LogP contribution in [0.15, 0.2) is 43.2 Å². The normalized spacial score (nSPS) is 21.4. The van der Waals surface area contributed by atoms with Crippen LogP contribution in [0.3, 0.4) is 0 Å². The van der Waals surface area contributed by atoms with Gasteiger partial charge < -0.3 is 4.90 Å². The molecule has 3 aromatic rings. The smallest absolute Gasteiger partial charge is 0.180 e. The zero-order valence-corrected chi connectivity index (χ0v) is 13.9. The molecule has 1 fully saturated rings. The second kappa shape index (κ2) is 6.16. The molecule has 7 heteroatoms. The lowest BCUT2D eigenvalue weighted by molar-refractivity contribution is 0.277. The number of hydrogen-bond donors (Lipinski definition) is 0. The van der Waals surface area contributed by atoms with E-state index in [0.717, 1.165) is 24.6 Å². The van der Waals surface area contributed by atoms with Gasteiger partial charge in [-0.1, -0.05) is 6.07 Å². The molecule has 1 aliphatic heterocycles. The molecule has 0 amide bonds. The molecule has 4 heterocycles. The Morgan fingerprint density at radius 2 is 2.17 bits per heavy atom. The van der Waals surface area contributed by atoms with Gasteiger partial charge in [-0.25, -0.2) is 0 Å². The predicted octanol–water partition coefficient (Wildman–Crippen LogP) is 1.65. The molecular weight excluding hydrogens is 302 g/mol. The second-order valence-corrected chi connectivity index (χ2v) is 6.47. The molecule has 7 nitrogen and oxygen atoms in total. The average Bonchev–Trinajstić information content (AvgIpc) is 3.22. The van der Waals surface area contributed by atoms with E-state index in [2.05, 4.69) is 50.1 Å². The van der Waals surface area contributed by atoms with E-state index in [0.29, 0.717) is 12.0 Å². The molecule has 0 N–H and O–H groups in total. The number of likely N-dealkylation sites (tertiary alicyclic amines) is 1.